The van der Waals surface area contributed by atoms with E-state index in [0.717, 1.165) is 39.7 Å². The molecule has 0 aliphatic carbocycles. The molecule has 0 aliphatic heterocycles. The molecule has 27 heavy (non-hydrogen) atoms. The molecule has 3 aromatic heterocycles. The van der Waals surface area contributed by atoms with Crippen LogP contribution < -0.4 is 10.6 Å². The molecule has 0 amide bonds. The van der Waals surface area contributed by atoms with E-state index in [4.69, 9.17) is 16.2 Å². The summed E-state index contributed by atoms with van der Waals surface area (Å²) in [6.45, 7) is 0. The van der Waals surface area contributed by atoms with Crippen molar-refractivity contribution >= 4 is 65.7 Å². The van der Waals surface area contributed by atoms with E-state index in [1.54, 1.807) is 28.7 Å². The van der Waals surface area contributed by atoms with Gasteiger partial charge in [0.05, 0.1) is 10.2 Å². The second-order valence-corrected chi connectivity index (χ2v) is 8.93. The number of hydrogen-bond donors (Lipinski definition) is 2. The van der Waals surface area contributed by atoms with E-state index in [9.17, 15) is 4.79 Å². The topological polar surface area (TPSA) is 104 Å². The molecule has 0 aliphatic rings. The lowest BCUT2D eigenvalue weighted by Crippen LogP contribution is -2.12. The van der Waals surface area contributed by atoms with E-state index < -0.39 is 5.97 Å². The molecule has 134 valence electrons. The quantitative estimate of drug-likeness (QED) is 0.230. The van der Waals surface area contributed by atoms with Gasteiger partial charge in [0.2, 0.25) is 4.80 Å². The largest absolute Gasteiger partial charge is 0.477 e. The third-order valence-electron chi connectivity index (χ3n) is 4.07. The Bertz CT molecular complexity index is 1310. The van der Waals surface area contributed by atoms with Crippen LogP contribution in [0.4, 0.5) is 0 Å². The third-order valence-corrected chi connectivity index (χ3v) is 7.47. The number of aliphatic carboxylic acids is 1. The van der Waals surface area contributed by atoms with Gasteiger partial charge in [-0.25, -0.2) is 4.79 Å². The van der Waals surface area contributed by atoms with E-state index in [2.05, 4.69) is 29.4 Å². The van der Waals surface area contributed by atoms with Gasteiger partial charge in [-0.05, 0) is 35.9 Å². The SMILES string of the molecule is Cn1/c(=N/N)sc2cc(-c3cc4sc(/C=C(/C#N)C(=O)O)cc4s3)ccc21. The number of fused-ring (bicyclic) bond motifs is 2. The Morgan fingerprint density at radius 3 is 2.67 bits per heavy atom. The lowest BCUT2D eigenvalue weighted by Gasteiger charge is -1.99. The number of nitriles is 1. The number of carbonyl (C=O) groups is 1. The van der Waals surface area contributed by atoms with Crippen LogP contribution in [0.5, 0.6) is 0 Å². The van der Waals surface area contributed by atoms with Crippen molar-refractivity contribution in [1.82, 2.24) is 4.57 Å². The highest BCUT2D eigenvalue weighted by Crippen LogP contribution is 2.39. The minimum Gasteiger partial charge on any atom is -0.477 e. The summed E-state index contributed by atoms with van der Waals surface area (Å²) in [4.78, 5) is 13.6. The van der Waals surface area contributed by atoms with Crippen molar-refractivity contribution in [2.75, 3.05) is 0 Å². The van der Waals surface area contributed by atoms with Crippen LogP contribution in [0.25, 0.3) is 36.1 Å². The monoisotopic (exact) mass is 412 g/mol. The van der Waals surface area contributed by atoms with Crippen LogP contribution in [0.3, 0.4) is 0 Å². The zero-order valence-corrected chi connectivity index (χ0v) is 16.4. The summed E-state index contributed by atoms with van der Waals surface area (Å²) in [7, 11) is 1.94. The lowest BCUT2D eigenvalue weighted by atomic mass is 10.2. The summed E-state index contributed by atoms with van der Waals surface area (Å²) in [5.74, 6) is 4.22. The molecule has 0 saturated carbocycles. The molecule has 4 rings (SSSR count). The highest BCUT2D eigenvalue weighted by Gasteiger charge is 2.12. The molecule has 4 aromatic rings. The van der Waals surface area contributed by atoms with Crippen LogP contribution in [0.2, 0.25) is 0 Å². The Labute approximate surface area is 165 Å². The number of nitrogens with zero attached hydrogens (tertiary/aromatic N) is 3. The van der Waals surface area contributed by atoms with Crippen LogP contribution in [0.15, 0.2) is 41.0 Å². The first-order valence-electron chi connectivity index (χ1n) is 7.72. The van der Waals surface area contributed by atoms with Gasteiger partial charge in [-0.15, -0.1) is 22.7 Å². The number of carboxylic acid groups (broad SMARTS) is 1. The van der Waals surface area contributed by atoms with E-state index in [0.29, 0.717) is 0 Å². The number of carboxylic acids is 1. The zero-order chi connectivity index (χ0) is 19.1. The fourth-order valence-corrected chi connectivity index (χ4v) is 6.09. The summed E-state index contributed by atoms with van der Waals surface area (Å²) in [6.07, 6.45) is 1.41. The minimum atomic E-state index is -1.21. The van der Waals surface area contributed by atoms with Crippen molar-refractivity contribution in [3.63, 3.8) is 0 Å². The molecule has 0 saturated heterocycles. The normalized spacial score (nSPS) is 12.7. The zero-order valence-electron chi connectivity index (χ0n) is 14.0. The number of aryl methyl sites for hydroxylation is 1. The average Bonchev–Trinajstić information content (AvgIpc) is 3.30. The number of nitrogens with two attached hydrogens (primary N) is 1. The molecule has 6 nitrogen and oxygen atoms in total. The van der Waals surface area contributed by atoms with Gasteiger partial charge in [0, 0.05) is 26.2 Å². The Kier molecular flexibility index (Phi) is 4.31. The Morgan fingerprint density at radius 2 is 2.00 bits per heavy atom. The number of benzene rings is 1. The maximum atomic E-state index is 11.0. The molecule has 0 spiro atoms. The van der Waals surface area contributed by atoms with Crippen molar-refractivity contribution in [3.05, 3.63) is 45.6 Å². The first kappa shape index (κ1) is 17.5. The molecule has 3 heterocycles. The van der Waals surface area contributed by atoms with Gasteiger partial charge >= 0.3 is 5.97 Å². The molecule has 0 fully saturated rings. The lowest BCUT2D eigenvalue weighted by molar-refractivity contribution is -0.132. The maximum Gasteiger partial charge on any atom is 0.346 e. The number of aromatic nitrogens is 1. The number of hydrogen-bond acceptors (Lipinski definition) is 7. The molecule has 0 unspecified atom stereocenters. The maximum absolute atomic E-state index is 11.0. The molecule has 1 aromatic carbocycles. The smallest absolute Gasteiger partial charge is 0.346 e. The third kappa shape index (κ3) is 3.04. The van der Waals surface area contributed by atoms with E-state index in [-0.39, 0.29) is 5.57 Å². The molecule has 3 N–H and O–H groups in total. The Morgan fingerprint density at radius 1 is 1.22 bits per heavy atom. The number of thiazole rings is 1. The Hall–Kier alpha value is -2.93. The summed E-state index contributed by atoms with van der Waals surface area (Å²) >= 11 is 4.66. The summed E-state index contributed by atoms with van der Waals surface area (Å²) in [6, 6.07) is 12.0. The van der Waals surface area contributed by atoms with Crippen LogP contribution in [0, 0.1) is 11.3 Å². The summed E-state index contributed by atoms with van der Waals surface area (Å²) in [5.41, 5.74) is 1.93. The standard InChI is InChI=1S/C18H12N4O2S3/c1-22-12-3-2-9(5-14(12)27-18(22)21-20)13-7-16-15(26-13)6-11(25-16)4-10(8-19)17(23)24/h2-7H,20H2,1H3,(H,23,24)/b10-4-,21-18-. The van der Waals surface area contributed by atoms with Gasteiger partial charge in [-0.3, -0.25) is 0 Å². The minimum absolute atomic E-state index is 0.263. The summed E-state index contributed by atoms with van der Waals surface area (Å²) in [5, 5.41) is 21.7. The molecular weight excluding hydrogens is 400 g/mol. The van der Waals surface area contributed by atoms with Crippen molar-refractivity contribution in [2.45, 2.75) is 0 Å². The summed E-state index contributed by atoms with van der Waals surface area (Å²) < 4.78 is 5.21. The molecule has 0 atom stereocenters. The fourth-order valence-electron chi connectivity index (χ4n) is 2.76. The molecular formula is C18H12N4O2S3. The number of rotatable bonds is 3. The predicted molar refractivity (Wildman–Crippen MR) is 110 cm³/mol. The van der Waals surface area contributed by atoms with Gasteiger partial charge in [0.25, 0.3) is 0 Å². The molecule has 9 heteroatoms. The first-order valence-corrected chi connectivity index (χ1v) is 10.2. The van der Waals surface area contributed by atoms with Crippen LogP contribution >= 0.6 is 34.0 Å². The van der Waals surface area contributed by atoms with Crippen molar-refractivity contribution in [2.24, 2.45) is 18.0 Å². The molecule has 0 radical (unpaired) electrons. The predicted octanol–water partition coefficient (Wildman–Crippen LogP) is 3.95. The second-order valence-electron chi connectivity index (χ2n) is 5.72. The van der Waals surface area contributed by atoms with E-state index >= 15 is 0 Å². The fraction of sp³-hybridized carbons (Fsp3) is 0.0556. The first-order chi connectivity index (χ1) is 13.0. The van der Waals surface area contributed by atoms with Gasteiger partial charge in [0.1, 0.15) is 11.6 Å². The number of thiophene rings is 2. The van der Waals surface area contributed by atoms with Gasteiger partial charge in [-0.1, -0.05) is 17.4 Å². The van der Waals surface area contributed by atoms with E-state index in [1.807, 2.05) is 17.7 Å². The Balaban J connectivity index is 1.75. The van der Waals surface area contributed by atoms with Gasteiger partial charge < -0.3 is 15.5 Å². The van der Waals surface area contributed by atoms with E-state index in [1.165, 1.54) is 17.4 Å². The van der Waals surface area contributed by atoms with Crippen molar-refractivity contribution < 1.29 is 9.90 Å². The highest BCUT2D eigenvalue weighted by atomic mass is 32.1. The van der Waals surface area contributed by atoms with Gasteiger partial charge in [0.15, 0.2) is 0 Å². The second kappa shape index (κ2) is 6.66. The van der Waals surface area contributed by atoms with Crippen LogP contribution in [0.1, 0.15) is 4.88 Å². The van der Waals surface area contributed by atoms with Gasteiger partial charge in [-0.2, -0.15) is 10.4 Å². The van der Waals surface area contributed by atoms with Crippen molar-refractivity contribution in [1.29, 1.82) is 5.26 Å². The van der Waals surface area contributed by atoms with Crippen LogP contribution in [-0.4, -0.2) is 15.6 Å². The van der Waals surface area contributed by atoms with Crippen LogP contribution in [-0.2, 0) is 11.8 Å². The highest BCUT2D eigenvalue weighted by molar-refractivity contribution is 7.29. The average molecular weight is 413 g/mol. The van der Waals surface area contributed by atoms with Crippen molar-refractivity contribution in [3.8, 4) is 16.5 Å². The molecule has 0 bridgehead atoms.